The summed E-state index contributed by atoms with van der Waals surface area (Å²) in [5.41, 5.74) is 1.19. The van der Waals surface area contributed by atoms with Gasteiger partial charge in [-0.05, 0) is 49.6 Å². The number of nitrogens with one attached hydrogen (secondary N) is 2. The third-order valence-corrected chi connectivity index (χ3v) is 3.94. The molecule has 4 nitrogen and oxygen atoms in total. The van der Waals surface area contributed by atoms with Crippen molar-refractivity contribution in [3.8, 4) is 0 Å². The number of hydrogen-bond acceptors (Lipinski definition) is 2. The lowest BCUT2D eigenvalue weighted by molar-refractivity contribution is -0.126. The van der Waals surface area contributed by atoms with Crippen LogP contribution in [0.4, 0.5) is 10.1 Å². The monoisotopic (exact) mass is 362 g/mol. The fourth-order valence-corrected chi connectivity index (χ4v) is 2.41. The number of para-hydroxylation sites is 1. The summed E-state index contributed by atoms with van der Waals surface area (Å²) in [7, 11) is 0. The van der Waals surface area contributed by atoms with Gasteiger partial charge in [0.25, 0.3) is 0 Å². The Morgan fingerprint density at radius 2 is 1.80 bits per heavy atom. The molecular formula is C19H20ClFN2O2. The van der Waals surface area contributed by atoms with Crippen LogP contribution in [0.25, 0.3) is 0 Å². The lowest BCUT2D eigenvalue weighted by Crippen LogP contribution is -2.41. The van der Waals surface area contributed by atoms with E-state index in [0.29, 0.717) is 17.9 Å². The van der Waals surface area contributed by atoms with Crippen LogP contribution < -0.4 is 10.6 Å². The maximum Gasteiger partial charge on any atom is 0.246 e. The van der Waals surface area contributed by atoms with Crippen LogP contribution in [0, 0.1) is 5.82 Å². The largest absolute Gasteiger partial charge is 0.345 e. The Morgan fingerprint density at radius 1 is 1.12 bits per heavy atom. The maximum atomic E-state index is 13.5. The minimum Gasteiger partial charge on any atom is -0.345 e. The number of anilines is 1. The Bertz CT molecular complexity index is 734. The zero-order valence-corrected chi connectivity index (χ0v) is 14.6. The van der Waals surface area contributed by atoms with Crippen LogP contribution in [-0.2, 0) is 16.0 Å². The SMILES string of the molecule is CC(NC(=O)CCCc1ccc(Cl)cc1)C(=O)Nc1ccccc1F. The van der Waals surface area contributed by atoms with Crippen LogP contribution in [0.5, 0.6) is 0 Å². The Labute approximate surface area is 151 Å². The molecule has 0 aromatic heterocycles. The summed E-state index contributed by atoms with van der Waals surface area (Å²) in [5.74, 6) is -1.20. The first-order valence-electron chi connectivity index (χ1n) is 8.05. The smallest absolute Gasteiger partial charge is 0.246 e. The molecule has 0 bridgehead atoms. The molecule has 2 amide bonds. The molecule has 0 saturated heterocycles. The predicted molar refractivity (Wildman–Crippen MR) is 97.0 cm³/mol. The van der Waals surface area contributed by atoms with Crippen molar-refractivity contribution in [3.63, 3.8) is 0 Å². The molecule has 0 heterocycles. The summed E-state index contributed by atoms with van der Waals surface area (Å²) >= 11 is 5.83. The highest BCUT2D eigenvalue weighted by atomic mass is 35.5. The van der Waals surface area contributed by atoms with Gasteiger partial charge in [-0.15, -0.1) is 0 Å². The predicted octanol–water partition coefficient (Wildman–Crippen LogP) is 3.95. The van der Waals surface area contributed by atoms with Gasteiger partial charge in [0.05, 0.1) is 5.69 Å². The maximum absolute atomic E-state index is 13.5. The second-order valence-corrected chi connectivity index (χ2v) is 6.17. The van der Waals surface area contributed by atoms with E-state index in [1.54, 1.807) is 13.0 Å². The number of rotatable bonds is 7. The number of halogens is 2. The van der Waals surface area contributed by atoms with Crippen molar-refractivity contribution < 1.29 is 14.0 Å². The fourth-order valence-electron chi connectivity index (χ4n) is 2.29. The molecule has 2 rings (SSSR count). The third-order valence-electron chi connectivity index (χ3n) is 3.69. The lowest BCUT2D eigenvalue weighted by atomic mass is 10.1. The van der Waals surface area contributed by atoms with Crippen molar-refractivity contribution in [1.82, 2.24) is 5.32 Å². The molecule has 1 atom stereocenters. The first-order valence-corrected chi connectivity index (χ1v) is 8.42. The minimum atomic E-state index is -0.748. The number of hydrogen-bond donors (Lipinski definition) is 2. The molecule has 0 aliphatic heterocycles. The molecule has 6 heteroatoms. The summed E-state index contributed by atoms with van der Waals surface area (Å²) in [4.78, 5) is 24.0. The Balaban J connectivity index is 1.74. The number of carbonyl (C=O) groups excluding carboxylic acids is 2. The van der Waals surface area contributed by atoms with Gasteiger partial charge in [-0.25, -0.2) is 4.39 Å². The third kappa shape index (κ3) is 6.19. The number of benzene rings is 2. The normalized spacial score (nSPS) is 11.6. The average Bonchev–Trinajstić information content (AvgIpc) is 2.58. The summed E-state index contributed by atoms with van der Waals surface area (Å²) in [6, 6.07) is 12.6. The zero-order chi connectivity index (χ0) is 18.2. The Kier molecular flexibility index (Phi) is 6.95. The van der Waals surface area contributed by atoms with E-state index in [4.69, 9.17) is 11.6 Å². The molecule has 0 aliphatic carbocycles. The van der Waals surface area contributed by atoms with E-state index in [2.05, 4.69) is 10.6 Å². The first kappa shape index (κ1) is 18.9. The van der Waals surface area contributed by atoms with Gasteiger partial charge in [0.15, 0.2) is 0 Å². The molecule has 132 valence electrons. The quantitative estimate of drug-likeness (QED) is 0.783. The van der Waals surface area contributed by atoms with Crippen LogP contribution in [0.15, 0.2) is 48.5 Å². The molecule has 1 unspecified atom stereocenters. The summed E-state index contributed by atoms with van der Waals surface area (Å²) in [5, 5.41) is 5.76. The summed E-state index contributed by atoms with van der Waals surface area (Å²) in [6.45, 7) is 1.56. The van der Waals surface area contributed by atoms with Gasteiger partial charge in [-0.3, -0.25) is 9.59 Å². The van der Waals surface area contributed by atoms with E-state index < -0.39 is 17.8 Å². The minimum absolute atomic E-state index is 0.0938. The summed E-state index contributed by atoms with van der Waals surface area (Å²) < 4.78 is 13.5. The number of amides is 2. The van der Waals surface area contributed by atoms with Crippen molar-refractivity contribution in [3.05, 3.63) is 64.9 Å². The second kappa shape index (κ2) is 9.18. The Hall–Kier alpha value is -2.40. The first-order chi connectivity index (χ1) is 12.0. The standard InChI is InChI=1S/C19H20ClFN2O2/c1-13(19(25)23-17-7-3-2-6-16(17)21)22-18(24)8-4-5-14-9-11-15(20)12-10-14/h2-3,6-7,9-13H,4-5,8H2,1H3,(H,22,24)(H,23,25). The fraction of sp³-hybridized carbons (Fsp3) is 0.263. The highest BCUT2D eigenvalue weighted by Crippen LogP contribution is 2.13. The zero-order valence-electron chi connectivity index (χ0n) is 13.9. The molecule has 0 spiro atoms. The topological polar surface area (TPSA) is 58.2 Å². The van der Waals surface area contributed by atoms with Crippen molar-refractivity contribution in [2.45, 2.75) is 32.2 Å². The second-order valence-electron chi connectivity index (χ2n) is 5.74. The highest BCUT2D eigenvalue weighted by Gasteiger charge is 2.16. The van der Waals surface area contributed by atoms with Crippen molar-refractivity contribution in [1.29, 1.82) is 0 Å². The highest BCUT2D eigenvalue weighted by molar-refractivity contribution is 6.30. The van der Waals surface area contributed by atoms with Crippen LogP contribution in [0.1, 0.15) is 25.3 Å². The molecule has 2 aromatic carbocycles. The van der Waals surface area contributed by atoms with E-state index in [-0.39, 0.29) is 11.6 Å². The van der Waals surface area contributed by atoms with E-state index in [0.717, 1.165) is 12.0 Å². The molecule has 0 saturated carbocycles. The van der Waals surface area contributed by atoms with Gasteiger partial charge in [0.1, 0.15) is 11.9 Å². The van der Waals surface area contributed by atoms with Gasteiger partial charge in [0, 0.05) is 11.4 Å². The van der Waals surface area contributed by atoms with E-state index in [1.807, 2.05) is 24.3 Å². The van der Waals surface area contributed by atoms with Crippen LogP contribution in [0.3, 0.4) is 0 Å². The van der Waals surface area contributed by atoms with Gasteiger partial charge < -0.3 is 10.6 Å². The van der Waals surface area contributed by atoms with Gasteiger partial charge in [-0.1, -0.05) is 35.9 Å². The molecule has 0 aliphatic rings. The molecule has 0 fully saturated rings. The van der Waals surface area contributed by atoms with E-state index in [9.17, 15) is 14.0 Å². The lowest BCUT2D eigenvalue weighted by Gasteiger charge is -2.14. The molecular weight excluding hydrogens is 343 g/mol. The average molecular weight is 363 g/mol. The van der Waals surface area contributed by atoms with Crippen molar-refractivity contribution in [2.75, 3.05) is 5.32 Å². The van der Waals surface area contributed by atoms with E-state index in [1.165, 1.54) is 18.2 Å². The molecule has 2 N–H and O–H groups in total. The molecule has 0 radical (unpaired) electrons. The van der Waals surface area contributed by atoms with Gasteiger partial charge in [-0.2, -0.15) is 0 Å². The van der Waals surface area contributed by atoms with Crippen molar-refractivity contribution >= 4 is 29.1 Å². The van der Waals surface area contributed by atoms with Crippen LogP contribution in [0.2, 0.25) is 5.02 Å². The molecule has 2 aromatic rings. The summed E-state index contributed by atoms with van der Waals surface area (Å²) in [6.07, 6.45) is 1.72. The Morgan fingerprint density at radius 3 is 2.48 bits per heavy atom. The van der Waals surface area contributed by atoms with Crippen LogP contribution in [-0.4, -0.2) is 17.9 Å². The van der Waals surface area contributed by atoms with Crippen molar-refractivity contribution in [2.24, 2.45) is 0 Å². The number of aryl methyl sites for hydroxylation is 1. The van der Waals surface area contributed by atoms with Crippen LogP contribution >= 0.6 is 11.6 Å². The molecule has 25 heavy (non-hydrogen) atoms. The van der Waals surface area contributed by atoms with Gasteiger partial charge >= 0.3 is 0 Å². The number of carbonyl (C=O) groups is 2. The van der Waals surface area contributed by atoms with Gasteiger partial charge in [0.2, 0.25) is 11.8 Å². The van der Waals surface area contributed by atoms with E-state index >= 15 is 0 Å².